The van der Waals surface area contributed by atoms with E-state index in [1.165, 1.54) is 19.4 Å². The maximum Gasteiger partial charge on any atom is 0.344 e. The molecule has 0 saturated heterocycles. The van der Waals surface area contributed by atoms with E-state index in [0.717, 1.165) is 5.56 Å². The molecule has 1 aromatic carbocycles. The highest BCUT2D eigenvalue weighted by atomic mass is 16.6. The highest BCUT2D eigenvalue weighted by molar-refractivity contribution is 6.05. The van der Waals surface area contributed by atoms with E-state index < -0.39 is 12.1 Å². The summed E-state index contributed by atoms with van der Waals surface area (Å²) in [6, 6.07) is 5.68. The first-order valence-corrected chi connectivity index (χ1v) is 9.70. The molecule has 1 atom stereocenters. The lowest BCUT2D eigenvalue weighted by Gasteiger charge is -2.14. The molecule has 0 aliphatic carbocycles. The lowest BCUT2D eigenvalue weighted by atomic mass is 9.98. The summed E-state index contributed by atoms with van der Waals surface area (Å²) < 4.78 is 10.7. The van der Waals surface area contributed by atoms with Gasteiger partial charge >= 0.3 is 5.97 Å². The molecular weight excluding hydrogens is 370 g/mol. The van der Waals surface area contributed by atoms with Crippen molar-refractivity contribution in [1.82, 2.24) is 4.98 Å². The molecule has 29 heavy (non-hydrogen) atoms. The summed E-state index contributed by atoms with van der Waals surface area (Å²) in [5.74, 6) is -0.158. The predicted molar refractivity (Wildman–Crippen MR) is 111 cm³/mol. The van der Waals surface area contributed by atoms with Crippen molar-refractivity contribution in [3.05, 3.63) is 51.8 Å². The predicted octanol–water partition coefficient (Wildman–Crippen LogP) is 4.46. The largest absolute Gasteiger partial charge is 0.482 e. The molecule has 0 bridgehead atoms. The van der Waals surface area contributed by atoms with Crippen molar-refractivity contribution in [1.29, 1.82) is 0 Å². The molecule has 0 fully saturated rings. The molecule has 156 valence electrons. The molecule has 1 heterocycles. The number of ketones is 2. The van der Waals surface area contributed by atoms with Crippen LogP contribution in [0.1, 0.15) is 76.8 Å². The molecule has 0 aliphatic heterocycles. The third-order valence-corrected chi connectivity index (χ3v) is 4.93. The van der Waals surface area contributed by atoms with Crippen LogP contribution in [0.15, 0.2) is 18.2 Å². The Balaban J connectivity index is 1.99. The average molecular weight is 399 g/mol. The van der Waals surface area contributed by atoms with Crippen LogP contribution in [0, 0.1) is 20.8 Å². The molecule has 0 saturated carbocycles. The number of hydrogen-bond acceptors (Lipinski definition) is 5. The Morgan fingerprint density at radius 3 is 2.24 bits per heavy atom. The zero-order chi connectivity index (χ0) is 21.9. The summed E-state index contributed by atoms with van der Waals surface area (Å²) in [6.45, 7) is 12.3. The van der Waals surface area contributed by atoms with E-state index in [1.807, 2.05) is 25.1 Å². The van der Waals surface area contributed by atoms with Crippen LogP contribution in [0.2, 0.25) is 0 Å². The van der Waals surface area contributed by atoms with Crippen molar-refractivity contribution in [3.63, 3.8) is 0 Å². The first-order chi connectivity index (χ1) is 13.5. The highest BCUT2D eigenvalue weighted by Gasteiger charge is 2.26. The highest BCUT2D eigenvalue weighted by Crippen LogP contribution is 2.24. The van der Waals surface area contributed by atoms with E-state index >= 15 is 0 Å². The topological polar surface area (TPSA) is 85.5 Å². The number of esters is 1. The number of aromatic nitrogens is 1. The Kier molecular flexibility index (Phi) is 7.01. The summed E-state index contributed by atoms with van der Waals surface area (Å²) in [6.07, 6.45) is -0.993. The fourth-order valence-corrected chi connectivity index (χ4v) is 3.54. The number of nitrogens with one attached hydrogen (secondary N) is 1. The zero-order valence-electron chi connectivity index (χ0n) is 18.1. The van der Waals surface area contributed by atoms with Crippen LogP contribution in [0.5, 0.6) is 5.75 Å². The Morgan fingerprint density at radius 1 is 1.07 bits per heavy atom. The van der Waals surface area contributed by atoms with Gasteiger partial charge in [-0.25, -0.2) is 4.79 Å². The number of hydrogen-bond donors (Lipinski definition) is 1. The number of aromatic amines is 1. The Hall–Kier alpha value is -2.89. The van der Waals surface area contributed by atoms with Crippen molar-refractivity contribution in [2.75, 3.05) is 6.61 Å². The lowest BCUT2D eigenvalue weighted by Crippen LogP contribution is -2.28. The number of carbonyl (C=O) groups is 3. The molecule has 2 rings (SSSR count). The third-order valence-electron chi connectivity index (χ3n) is 4.93. The van der Waals surface area contributed by atoms with Gasteiger partial charge in [0.25, 0.3) is 0 Å². The second kappa shape index (κ2) is 9.07. The molecule has 0 aliphatic rings. The van der Waals surface area contributed by atoms with Crippen molar-refractivity contribution in [3.8, 4) is 5.75 Å². The summed E-state index contributed by atoms with van der Waals surface area (Å²) in [7, 11) is 0. The van der Waals surface area contributed by atoms with E-state index in [-0.39, 0.29) is 23.9 Å². The van der Waals surface area contributed by atoms with E-state index in [9.17, 15) is 14.4 Å². The third kappa shape index (κ3) is 5.13. The molecule has 1 unspecified atom stereocenters. The maximum atomic E-state index is 12.6. The van der Waals surface area contributed by atoms with Gasteiger partial charge in [-0.2, -0.15) is 0 Å². The maximum absolute atomic E-state index is 12.6. The fourth-order valence-electron chi connectivity index (χ4n) is 3.54. The van der Waals surface area contributed by atoms with Crippen molar-refractivity contribution < 1.29 is 23.9 Å². The fraction of sp³-hybridized carbons (Fsp3) is 0.435. The number of aryl methyl sites for hydroxylation is 2. The zero-order valence-corrected chi connectivity index (χ0v) is 18.1. The molecule has 6 heteroatoms. The van der Waals surface area contributed by atoms with Gasteiger partial charge in [-0.15, -0.1) is 0 Å². The van der Waals surface area contributed by atoms with Crippen LogP contribution in [-0.2, 0) is 9.53 Å². The normalized spacial score (nSPS) is 12.0. The average Bonchev–Trinajstić information content (AvgIpc) is 2.93. The van der Waals surface area contributed by atoms with E-state index in [1.54, 1.807) is 13.8 Å². The minimum Gasteiger partial charge on any atom is -0.482 e. The summed E-state index contributed by atoms with van der Waals surface area (Å²) in [5, 5.41) is 0. The molecule has 6 nitrogen and oxygen atoms in total. The summed E-state index contributed by atoms with van der Waals surface area (Å²) >= 11 is 0. The number of Topliss-reactive ketones (excluding diaryl/α,β-unsaturated/α-hetero) is 2. The van der Waals surface area contributed by atoms with Gasteiger partial charge < -0.3 is 14.5 Å². The van der Waals surface area contributed by atoms with Gasteiger partial charge in [0.1, 0.15) is 5.75 Å². The minimum absolute atomic E-state index is 0.118. The number of rotatable bonds is 8. The SMILES string of the molecule is CC(=O)c1c(C)[nH]c(C(=O)C(C)OC(=O)COc2ccc(C(C)C)c(C)c2)c1C. The van der Waals surface area contributed by atoms with Crippen LogP contribution >= 0.6 is 0 Å². The smallest absolute Gasteiger partial charge is 0.344 e. The van der Waals surface area contributed by atoms with Crippen LogP contribution in [0.25, 0.3) is 0 Å². The van der Waals surface area contributed by atoms with E-state index in [2.05, 4.69) is 18.8 Å². The molecule has 1 N–H and O–H groups in total. The van der Waals surface area contributed by atoms with Gasteiger partial charge in [-0.3, -0.25) is 9.59 Å². The van der Waals surface area contributed by atoms with Gasteiger partial charge in [-0.1, -0.05) is 19.9 Å². The van der Waals surface area contributed by atoms with Crippen molar-refractivity contribution in [2.24, 2.45) is 0 Å². The molecule has 0 amide bonds. The number of carbonyl (C=O) groups excluding carboxylic acids is 3. The quantitative estimate of drug-likeness (QED) is 0.523. The number of benzene rings is 1. The van der Waals surface area contributed by atoms with E-state index in [4.69, 9.17) is 9.47 Å². The molecular formula is C23H29NO5. The Labute approximate surface area is 171 Å². The van der Waals surface area contributed by atoms with Crippen LogP contribution < -0.4 is 4.74 Å². The second-order valence-electron chi connectivity index (χ2n) is 7.64. The van der Waals surface area contributed by atoms with Crippen molar-refractivity contribution >= 4 is 17.5 Å². The lowest BCUT2D eigenvalue weighted by molar-refractivity contribution is -0.148. The molecule has 0 radical (unpaired) electrons. The van der Waals surface area contributed by atoms with Gasteiger partial charge in [-0.05, 0) is 69.4 Å². The first kappa shape index (κ1) is 22.4. The molecule has 0 spiro atoms. The van der Waals surface area contributed by atoms with Gasteiger partial charge in [0.05, 0.1) is 5.69 Å². The first-order valence-electron chi connectivity index (χ1n) is 9.70. The van der Waals surface area contributed by atoms with Crippen LogP contribution in [0.4, 0.5) is 0 Å². The monoisotopic (exact) mass is 399 g/mol. The summed E-state index contributed by atoms with van der Waals surface area (Å²) in [4.78, 5) is 39.4. The Bertz CT molecular complexity index is 939. The molecule has 2 aromatic rings. The Morgan fingerprint density at radius 2 is 1.72 bits per heavy atom. The minimum atomic E-state index is -0.993. The number of H-pyrrole nitrogens is 1. The number of ether oxygens (including phenoxy) is 2. The summed E-state index contributed by atoms with van der Waals surface area (Å²) in [5.41, 5.74) is 4.29. The second-order valence-corrected chi connectivity index (χ2v) is 7.64. The van der Waals surface area contributed by atoms with Gasteiger partial charge in [0, 0.05) is 11.3 Å². The van der Waals surface area contributed by atoms with Crippen LogP contribution in [0.3, 0.4) is 0 Å². The van der Waals surface area contributed by atoms with Gasteiger partial charge in [0.2, 0.25) is 5.78 Å². The van der Waals surface area contributed by atoms with Crippen LogP contribution in [-0.4, -0.2) is 35.2 Å². The van der Waals surface area contributed by atoms with Crippen molar-refractivity contribution in [2.45, 2.75) is 60.5 Å². The van der Waals surface area contributed by atoms with E-state index in [0.29, 0.717) is 28.5 Å². The van der Waals surface area contributed by atoms with Gasteiger partial charge in [0.15, 0.2) is 18.5 Å². The molecule has 1 aromatic heterocycles. The standard InChI is InChI=1S/C23H29NO5/c1-12(2)19-9-8-18(10-13(19)3)28-11-20(26)29-17(7)23(27)22-14(4)21(16(6)25)15(5)24-22/h8-10,12,17,24H,11H2,1-7H3.